The molecule has 0 spiro atoms. The molecule has 0 aliphatic carbocycles. The van der Waals surface area contributed by atoms with Gasteiger partial charge >= 0.3 is 0 Å². The van der Waals surface area contributed by atoms with Crippen LogP contribution in [0.5, 0.6) is 0 Å². The van der Waals surface area contributed by atoms with E-state index >= 15 is 0 Å². The van der Waals surface area contributed by atoms with Gasteiger partial charge in [-0.15, -0.1) is 0 Å². The number of nitrogens with one attached hydrogen (secondary N) is 1. The molecule has 1 fully saturated rings. The van der Waals surface area contributed by atoms with Crippen LogP contribution in [0.25, 0.3) is 0 Å². The van der Waals surface area contributed by atoms with Gasteiger partial charge in [0, 0.05) is 6.54 Å². The van der Waals surface area contributed by atoms with Crippen LogP contribution in [0.1, 0.15) is 45.2 Å². The third kappa shape index (κ3) is 2.67. The Bertz CT molecular complexity index is 563. The van der Waals surface area contributed by atoms with Gasteiger partial charge in [0.05, 0.1) is 0 Å². The molecule has 2 rings (SSSR count). The highest BCUT2D eigenvalue weighted by molar-refractivity contribution is 6.01. The number of benzene rings is 1. The van der Waals surface area contributed by atoms with E-state index in [0.717, 1.165) is 5.56 Å². The van der Waals surface area contributed by atoms with Crippen molar-refractivity contribution < 1.29 is 9.59 Å². The summed E-state index contributed by atoms with van der Waals surface area (Å²) >= 11 is 0. The number of aryl methyl sites for hydroxylation is 1. The topological polar surface area (TPSA) is 49.4 Å². The van der Waals surface area contributed by atoms with Gasteiger partial charge in [-0.3, -0.25) is 9.59 Å². The lowest BCUT2D eigenvalue weighted by Crippen LogP contribution is -2.72. The van der Waals surface area contributed by atoms with Crippen LogP contribution in [-0.2, 0) is 16.1 Å². The largest absolute Gasteiger partial charge is 0.340 e. The van der Waals surface area contributed by atoms with Crippen molar-refractivity contribution in [2.45, 2.75) is 58.7 Å². The Labute approximate surface area is 126 Å². The minimum Gasteiger partial charge on any atom is -0.340 e. The SMILES string of the molecule is CCC1(C)NC(=O)C(C)(C)N(Cc2ccc(C)cc2)C1=O. The molecule has 1 heterocycles. The lowest BCUT2D eigenvalue weighted by Gasteiger charge is -2.48. The van der Waals surface area contributed by atoms with Crippen LogP contribution >= 0.6 is 0 Å². The van der Waals surface area contributed by atoms with E-state index in [1.165, 1.54) is 5.56 Å². The molecule has 1 aromatic carbocycles. The fraction of sp³-hybridized carbons (Fsp3) is 0.529. The number of hydrogen-bond donors (Lipinski definition) is 1. The fourth-order valence-corrected chi connectivity index (χ4v) is 2.52. The molecular weight excluding hydrogens is 264 g/mol. The Morgan fingerprint density at radius 2 is 1.67 bits per heavy atom. The first kappa shape index (κ1) is 15.5. The molecule has 1 aromatic rings. The van der Waals surface area contributed by atoms with Gasteiger partial charge in [-0.25, -0.2) is 0 Å². The zero-order valence-electron chi connectivity index (χ0n) is 13.5. The molecule has 0 aromatic heterocycles. The molecule has 0 bridgehead atoms. The molecule has 0 saturated carbocycles. The average molecular weight is 288 g/mol. The van der Waals surface area contributed by atoms with Gasteiger partial charge in [-0.2, -0.15) is 0 Å². The minimum atomic E-state index is -0.837. The summed E-state index contributed by atoms with van der Waals surface area (Å²) in [4.78, 5) is 26.9. The van der Waals surface area contributed by atoms with Crippen LogP contribution in [0.3, 0.4) is 0 Å². The Hall–Kier alpha value is -1.84. The molecule has 4 heteroatoms. The number of rotatable bonds is 3. The van der Waals surface area contributed by atoms with Crippen molar-refractivity contribution in [2.24, 2.45) is 0 Å². The van der Waals surface area contributed by atoms with E-state index in [1.54, 1.807) is 25.7 Å². The summed E-state index contributed by atoms with van der Waals surface area (Å²) in [5.41, 5.74) is 0.572. The smallest absolute Gasteiger partial charge is 0.249 e. The third-order valence-electron chi connectivity index (χ3n) is 4.51. The summed E-state index contributed by atoms with van der Waals surface area (Å²) < 4.78 is 0. The maximum absolute atomic E-state index is 12.8. The van der Waals surface area contributed by atoms with Crippen LogP contribution in [0, 0.1) is 6.92 Å². The number of nitrogens with zero attached hydrogens (tertiary/aromatic N) is 1. The van der Waals surface area contributed by atoms with E-state index < -0.39 is 11.1 Å². The summed E-state index contributed by atoms with van der Waals surface area (Å²) in [5, 5.41) is 2.88. The molecule has 4 nitrogen and oxygen atoms in total. The number of piperazine rings is 1. The molecule has 1 aliphatic rings. The number of hydrogen-bond acceptors (Lipinski definition) is 2. The Morgan fingerprint density at radius 3 is 2.19 bits per heavy atom. The molecule has 1 unspecified atom stereocenters. The summed E-state index contributed by atoms with van der Waals surface area (Å²) in [6.45, 7) is 9.79. The highest BCUT2D eigenvalue weighted by Crippen LogP contribution is 2.29. The molecule has 2 amide bonds. The third-order valence-corrected chi connectivity index (χ3v) is 4.51. The zero-order valence-corrected chi connectivity index (χ0v) is 13.5. The molecule has 1 atom stereocenters. The normalized spacial score (nSPS) is 24.9. The summed E-state index contributed by atoms with van der Waals surface area (Å²) in [7, 11) is 0. The molecule has 114 valence electrons. The van der Waals surface area contributed by atoms with E-state index in [1.807, 2.05) is 38.1 Å². The Balaban J connectivity index is 2.35. The van der Waals surface area contributed by atoms with Crippen LogP contribution in [0.15, 0.2) is 24.3 Å². The van der Waals surface area contributed by atoms with Gasteiger partial charge in [-0.05, 0) is 39.7 Å². The van der Waals surface area contributed by atoms with E-state index in [9.17, 15) is 9.59 Å². The second kappa shape index (κ2) is 5.17. The van der Waals surface area contributed by atoms with Crippen molar-refractivity contribution in [3.63, 3.8) is 0 Å². The zero-order chi connectivity index (χ0) is 15.8. The van der Waals surface area contributed by atoms with Crippen molar-refractivity contribution in [1.82, 2.24) is 10.2 Å². The highest BCUT2D eigenvalue weighted by Gasteiger charge is 2.51. The summed E-state index contributed by atoms with van der Waals surface area (Å²) in [6, 6.07) is 8.06. The second-order valence-corrected chi connectivity index (χ2v) is 6.58. The lowest BCUT2D eigenvalue weighted by atomic mass is 9.86. The van der Waals surface area contributed by atoms with Crippen LogP contribution in [0.4, 0.5) is 0 Å². The van der Waals surface area contributed by atoms with Crippen LogP contribution < -0.4 is 5.32 Å². The summed E-state index contributed by atoms with van der Waals surface area (Å²) in [5.74, 6) is -0.117. The maximum Gasteiger partial charge on any atom is 0.249 e. The minimum absolute atomic E-state index is 0.0184. The van der Waals surface area contributed by atoms with Gasteiger partial charge in [-0.1, -0.05) is 36.8 Å². The molecule has 21 heavy (non-hydrogen) atoms. The quantitative estimate of drug-likeness (QED) is 0.928. The standard InChI is InChI=1S/C17H24N2O2/c1-6-17(5)15(21)19(16(3,4)14(20)18-17)11-13-9-7-12(2)8-10-13/h7-10H,6,11H2,1-5H3,(H,18,20). The monoisotopic (exact) mass is 288 g/mol. The van der Waals surface area contributed by atoms with E-state index in [0.29, 0.717) is 13.0 Å². The highest BCUT2D eigenvalue weighted by atomic mass is 16.2. The van der Waals surface area contributed by atoms with Crippen molar-refractivity contribution in [2.75, 3.05) is 0 Å². The van der Waals surface area contributed by atoms with Crippen LogP contribution in [-0.4, -0.2) is 27.8 Å². The van der Waals surface area contributed by atoms with Crippen molar-refractivity contribution in [1.29, 1.82) is 0 Å². The van der Waals surface area contributed by atoms with E-state index in [4.69, 9.17) is 0 Å². The van der Waals surface area contributed by atoms with Crippen molar-refractivity contribution in [3.8, 4) is 0 Å². The van der Waals surface area contributed by atoms with Gasteiger partial charge in [0.25, 0.3) is 0 Å². The van der Waals surface area contributed by atoms with Crippen molar-refractivity contribution in [3.05, 3.63) is 35.4 Å². The first-order valence-corrected chi connectivity index (χ1v) is 7.41. The number of amides is 2. The molecular formula is C17H24N2O2. The molecule has 1 saturated heterocycles. The van der Waals surface area contributed by atoms with Gasteiger partial charge in [0.1, 0.15) is 11.1 Å². The van der Waals surface area contributed by atoms with Gasteiger partial charge < -0.3 is 10.2 Å². The first-order chi connectivity index (χ1) is 9.70. The molecule has 1 aliphatic heterocycles. The molecule has 0 radical (unpaired) electrons. The van der Waals surface area contributed by atoms with Crippen LogP contribution in [0.2, 0.25) is 0 Å². The first-order valence-electron chi connectivity index (χ1n) is 7.41. The van der Waals surface area contributed by atoms with Crippen molar-refractivity contribution >= 4 is 11.8 Å². The predicted octanol–water partition coefficient (Wildman–Crippen LogP) is 2.40. The van der Waals surface area contributed by atoms with E-state index in [2.05, 4.69) is 5.32 Å². The fourth-order valence-electron chi connectivity index (χ4n) is 2.52. The van der Waals surface area contributed by atoms with Gasteiger partial charge in [0.15, 0.2) is 0 Å². The average Bonchev–Trinajstić information content (AvgIpc) is 2.44. The Morgan fingerprint density at radius 1 is 1.10 bits per heavy atom. The molecule has 1 N–H and O–H groups in total. The predicted molar refractivity (Wildman–Crippen MR) is 82.6 cm³/mol. The van der Waals surface area contributed by atoms with E-state index in [-0.39, 0.29) is 11.8 Å². The number of carbonyl (C=O) groups is 2. The second-order valence-electron chi connectivity index (χ2n) is 6.58. The van der Waals surface area contributed by atoms with Gasteiger partial charge in [0.2, 0.25) is 11.8 Å². The lowest BCUT2D eigenvalue weighted by molar-refractivity contribution is -0.161. The Kier molecular flexibility index (Phi) is 3.83. The maximum atomic E-state index is 12.8. The number of carbonyl (C=O) groups excluding carboxylic acids is 2. The summed E-state index contributed by atoms with van der Waals surface area (Å²) in [6.07, 6.45) is 0.581.